The van der Waals surface area contributed by atoms with Crippen molar-refractivity contribution in [1.29, 1.82) is 0 Å². The molecule has 2 rings (SSSR count). The summed E-state index contributed by atoms with van der Waals surface area (Å²) >= 11 is 1.47. The zero-order valence-electron chi connectivity index (χ0n) is 13.7. The number of nitrogens with zero attached hydrogens (tertiary/aromatic N) is 2. The molecule has 1 atom stereocenters. The Kier molecular flexibility index (Phi) is 7.52. The highest BCUT2D eigenvalue weighted by atomic mass is 32.2. The number of nitrogens with one attached hydrogen (secondary N) is 1. The van der Waals surface area contributed by atoms with Crippen molar-refractivity contribution in [3.63, 3.8) is 0 Å². The molecule has 6 heteroatoms. The van der Waals surface area contributed by atoms with E-state index in [0.29, 0.717) is 17.5 Å². The molecule has 0 aromatic rings. The van der Waals surface area contributed by atoms with Gasteiger partial charge in [0.25, 0.3) is 0 Å². The third kappa shape index (κ3) is 5.16. The first-order chi connectivity index (χ1) is 10.7. The predicted molar refractivity (Wildman–Crippen MR) is 91.0 cm³/mol. The van der Waals surface area contributed by atoms with Crippen LogP contribution >= 0.6 is 11.8 Å². The summed E-state index contributed by atoms with van der Waals surface area (Å²) in [6, 6.07) is 0.339. The van der Waals surface area contributed by atoms with Crippen LogP contribution in [0.1, 0.15) is 39.0 Å². The van der Waals surface area contributed by atoms with Gasteiger partial charge in [0.1, 0.15) is 0 Å². The van der Waals surface area contributed by atoms with Crippen molar-refractivity contribution in [3.05, 3.63) is 0 Å². The van der Waals surface area contributed by atoms with Gasteiger partial charge in [-0.2, -0.15) is 0 Å². The topological polar surface area (TPSA) is 52.7 Å². The van der Waals surface area contributed by atoms with Crippen LogP contribution in [0.5, 0.6) is 0 Å². The number of carbonyl (C=O) groups excluding carboxylic acids is 2. The zero-order chi connectivity index (χ0) is 15.8. The van der Waals surface area contributed by atoms with Gasteiger partial charge >= 0.3 is 0 Å². The Hall–Kier alpha value is -0.750. The number of thioether (sulfide) groups is 1. The summed E-state index contributed by atoms with van der Waals surface area (Å²) in [7, 11) is 0. The Morgan fingerprint density at radius 3 is 2.64 bits per heavy atom. The molecule has 0 spiro atoms. The van der Waals surface area contributed by atoms with E-state index in [-0.39, 0.29) is 11.8 Å². The molecule has 2 aliphatic rings. The second-order valence-electron chi connectivity index (χ2n) is 6.17. The van der Waals surface area contributed by atoms with Crippen molar-refractivity contribution in [2.45, 2.75) is 45.1 Å². The molecule has 0 bridgehead atoms. The third-order valence-electron chi connectivity index (χ3n) is 4.42. The summed E-state index contributed by atoms with van der Waals surface area (Å²) < 4.78 is 0. The Morgan fingerprint density at radius 1 is 1.23 bits per heavy atom. The fraction of sp³-hybridized carbons (Fsp3) is 0.875. The minimum atomic E-state index is 0.187. The van der Waals surface area contributed by atoms with Crippen LogP contribution in [-0.2, 0) is 9.59 Å². The molecule has 2 heterocycles. The van der Waals surface area contributed by atoms with Gasteiger partial charge in [-0.3, -0.25) is 9.59 Å². The molecule has 2 amide bonds. The van der Waals surface area contributed by atoms with E-state index in [1.54, 1.807) is 0 Å². The lowest BCUT2D eigenvalue weighted by Crippen LogP contribution is -2.43. The van der Waals surface area contributed by atoms with E-state index in [1.807, 2.05) is 9.80 Å². The summed E-state index contributed by atoms with van der Waals surface area (Å²) in [5.41, 5.74) is 0. The highest BCUT2D eigenvalue weighted by Gasteiger charge is 2.26. The first kappa shape index (κ1) is 17.6. The molecular weight excluding hydrogens is 298 g/mol. The largest absolute Gasteiger partial charge is 0.342 e. The molecule has 2 aliphatic heterocycles. The maximum atomic E-state index is 12.4. The standard InChI is InChI=1S/C16H29N3O2S/c1-2-8-19(14-6-7-17-11-14)16(21)13-22-12-15(20)18-9-4-3-5-10-18/h14,17H,2-13H2,1H3. The zero-order valence-corrected chi connectivity index (χ0v) is 14.5. The fourth-order valence-electron chi connectivity index (χ4n) is 3.20. The van der Waals surface area contributed by atoms with Crippen molar-refractivity contribution in [2.75, 3.05) is 44.2 Å². The number of carbonyl (C=O) groups is 2. The molecule has 22 heavy (non-hydrogen) atoms. The number of rotatable bonds is 7. The number of likely N-dealkylation sites (tertiary alicyclic amines) is 1. The highest BCUT2D eigenvalue weighted by molar-refractivity contribution is 8.00. The van der Waals surface area contributed by atoms with Gasteiger partial charge in [0, 0.05) is 32.2 Å². The average molecular weight is 327 g/mol. The van der Waals surface area contributed by atoms with Crippen LogP contribution in [0, 0.1) is 0 Å². The van der Waals surface area contributed by atoms with Crippen molar-refractivity contribution >= 4 is 23.6 Å². The molecule has 126 valence electrons. The summed E-state index contributed by atoms with van der Waals surface area (Å²) in [5.74, 6) is 1.25. The van der Waals surface area contributed by atoms with Crippen molar-refractivity contribution in [3.8, 4) is 0 Å². The SMILES string of the molecule is CCCN(C(=O)CSCC(=O)N1CCCCC1)C1CCNC1. The van der Waals surface area contributed by atoms with Crippen LogP contribution in [0.15, 0.2) is 0 Å². The van der Waals surface area contributed by atoms with E-state index in [2.05, 4.69) is 12.2 Å². The number of piperidine rings is 1. The molecule has 2 fully saturated rings. The first-order valence-electron chi connectivity index (χ1n) is 8.58. The minimum Gasteiger partial charge on any atom is -0.342 e. The highest BCUT2D eigenvalue weighted by Crippen LogP contribution is 2.14. The van der Waals surface area contributed by atoms with E-state index in [0.717, 1.165) is 58.4 Å². The Bertz CT molecular complexity index is 366. The van der Waals surface area contributed by atoms with E-state index in [9.17, 15) is 9.59 Å². The monoisotopic (exact) mass is 327 g/mol. The average Bonchev–Trinajstić information content (AvgIpc) is 3.07. The Balaban J connectivity index is 1.71. The Morgan fingerprint density at radius 2 is 2.00 bits per heavy atom. The molecule has 0 aromatic carbocycles. The van der Waals surface area contributed by atoms with Gasteiger partial charge in [-0.25, -0.2) is 0 Å². The molecule has 0 radical (unpaired) electrons. The maximum Gasteiger partial charge on any atom is 0.232 e. The number of hydrogen-bond donors (Lipinski definition) is 1. The van der Waals surface area contributed by atoms with Crippen molar-refractivity contribution in [1.82, 2.24) is 15.1 Å². The van der Waals surface area contributed by atoms with Crippen molar-refractivity contribution in [2.24, 2.45) is 0 Å². The van der Waals surface area contributed by atoms with Gasteiger partial charge in [0.2, 0.25) is 11.8 Å². The maximum absolute atomic E-state index is 12.4. The second-order valence-corrected chi connectivity index (χ2v) is 7.15. The number of hydrogen-bond acceptors (Lipinski definition) is 4. The smallest absolute Gasteiger partial charge is 0.232 e. The van der Waals surface area contributed by atoms with E-state index in [4.69, 9.17) is 0 Å². The van der Waals surface area contributed by atoms with Crippen LogP contribution in [0.25, 0.3) is 0 Å². The lowest BCUT2D eigenvalue weighted by Gasteiger charge is -2.29. The van der Waals surface area contributed by atoms with Gasteiger partial charge in [-0.15, -0.1) is 11.8 Å². The second kappa shape index (κ2) is 9.40. The number of amides is 2. The lowest BCUT2D eigenvalue weighted by molar-refractivity contribution is -0.130. The van der Waals surface area contributed by atoms with Crippen LogP contribution < -0.4 is 5.32 Å². The minimum absolute atomic E-state index is 0.187. The molecule has 1 unspecified atom stereocenters. The third-order valence-corrected chi connectivity index (χ3v) is 5.32. The van der Waals surface area contributed by atoms with Crippen molar-refractivity contribution < 1.29 is 9.59 Å². The Labute approximate surface area is 138 Å². The summed E-state index contributed by atoms with van der Waals surface area (Å²) in [4.78, 5) is 28.5. The van der Waals surface area contributed by atoms with E-state index < -0.39 is 0 Å². The molecule has 0 saturated carbocycles. The summed E-state index contributed by atoms with van der Waals surface area (Å²) in [5, 5.41) is 3.32. The molecular formula is C16H29N3O2S. The van der Waals surface area contributed by atoms with Gasteiger partial charge in [-0.05, 0) is 38.6 Å². The lowest BCUT2D eigenvalue weighted by atomic mass is 10.1. The van der Waals surface area contributed by atoms with Gasteiger partial charge in [0.15, 0.2) is 0 Å². The fourth-order valence-corrected chi connectivity index (χ4v) is 4.00. The molecule has 1 N–H and O–H groups in total. The quantitative estimate of drug-likeness (QED) is 0.766. The molecule has 0 aliphatic carbocycles. The first-order valence-corrected chi connectivity index (χ1v) is 9.73. The van der Waals surface area contributed by atoms with Crippen LogP contribution in [0.3, 0.4) is 0 Å². The molecule has 0 aromatic heterocycles. The summed E-state index contributed by atoms with van der Waals surface area (Å²) in [6.45, 7) is 6.62. The van der Waals surface area contributed by atoms with Gasteiger partial charge < -0.3 is 15.1 Å². The van der Waals surface area contributed by atoms with Crippen LogP contribution in [-0.4, -0.2) is 71.9 Å². The summed E-state index contributed by atoms with van der Waals surface area (Å²) in [6.07, 6.45) is 5.50. The molecule has 2 saturated heterocycles. The predicted octanol–water partition coefficient (Wildman–Crippen LogP) is 1.33. The van der Waals surface area contributed by atoms with Crippen LogP contribution in [0.4, 0.5) is 0 Å². The van der Waals surface area contributed by atoms with Crippen LogP contribution in [0.2, 0.25) is 0 Å². The van der Waals surface area contributed by atoms with Gasteiger partial charge in [-0.1, -0.05) is 6.92 Å². The van der Waals surface area contributed by atoms with Gasteiger partial charge in [0.05, 0.1) is 11.5 Å². The molecule has 5 nitrogen and oxygen atoms in total. The van der Waals surface area contributed by atoms with E-state index in [1.165, 1.54) is 18.2 Å². The van der Waals surface area contributed by atoms with E-state index >= 15 is 0 Å². The normalized spacial score (nSPS) is 21.9.